The number of allylic oxidation sites excluding steroid dienone is 5. The first-order chi connectivity index (χ1) is 13.7. The molecule has 7 unspecified atom stereocenters. The molecule has 2 aliphatic heterocycles. The quantitative estimate of drug-likeness (QED) is 0.738. The molecule has 5 rings (SSSR count). The highest BCUT2D eigenvalue weighted by atomic mass is 16.5. The van der Waals surface area contributed by atoms with E-state index in [1.807, 2.05) is 0 Å². The van der Waals surface area contributed by atoms with E-state index >= 15 is 0 Å². The summed E-state index contributed by atoms with van der Waals surface area (Å²) in [6.07, 6.45) is 27.4. The van der Waals surface area contributed by atoms with Gasteiger partial charge in [0.25, 0.3) is 0 Å². The van der Waals surface area contributed by atoms with Gasteiger partial charge in [-0.15, -0.1) is 0 Å². The van der Waals surface area contributed by atoms with Crippen molar-refractivity contribution in [2.24, 2.45) is 29.6 Å². The zero-order valence-electron chi connectivity index (χ0n) is 17.1. The third-order valence-electron chi connectivity index (χ3n) is 7.44. The Bertz CT molecular complexity index is 780. The topological polar surface area (TPSA) is 21.3 Å². The standard InChI is InChI=1S/C26H33NO/c1-17(2)20-15-22(18-8-4-3-5-9-18)26(27-16-20)19-12-13-25-23(14-19)21-10-6-7-11-24(21)28-25/h4,6-14,17,20-27H,3,5,15-16H2,1-2H3. The van der Waals surface area contributed by atoms with E-state index < -0.39 is 0 Å². The molecule has 2 saturated heterocycles. The average Bonchev–Trinajstić information content (AvgIpc) is 3.12. The lowest BCUT2D eigenvalue weighted by Crippen LogP contribution is -2.48. The van der Waals surface area contributed by atoms with Crippen molar-refractivity contribution in [2.45, 2.75) is 51.4 Å². The van der Waals surface area contributed by atoms with Crippen molar-refractivity contribution in [2.75, 3.05) is 6.54 Å². The Balaban J connectivity index is 1.43. The molecule has 5 aliphatic rings. The minimum atomic E-state index is 0.227. The lowest BCUT2D eigenvalue weighted by molar-refractivity contribution is 0.0880. The Morgan fingerprint density at radius 3 is 2.64 bits per heavy atom. The van der Waals surface area contributed by atoms with Gasteiger partial charge in [0.05, 0.1) is 12.2 Å². The molecule has 0 radical (unpaired) electrons. The van der Waals surface area contributed by atoms with Gasteiger partial charge in [0, 0.05) is 23.8 Å². The van der Waals surface area contributed by atoms with Crippen LogP contribution < -0.4 is 5.32 Å². The van der Waals surface area contributed by atoms with Crippen LogP contribution in [0.1, 0.15) is 33.1 Å². The van der Waals surface area contributed by atoms with E-state index in [0.717, 1.165) is 18.4 Å². The first-order valence-corrected chi connectivity index (χ1v) is 11.2. The number of piperidine rings is 1. The fraction of sp³-hybridized carbons (Fsp3) is 0.538. The van der Waals surface area contributed by atoms with Crippen molar-refractivity contribution in [1.82, 2.24) is 5.32 Å². The first kappa shape index (κ1) is 18.4. The Kier molecular flexibility index (Phi) is 5.02. The van der Waals surface area contributed by atoms with E-state index in [1.165, 1.54) is 24.8 Å². The summed E-state index contributed by atoms with van der Waals surface area (Å²) >= 11 is 0. The number of fused-ring (bicyclic) bond motifs is 3. The molecule has 0 amide bonds. The van der Waals surface area contributed by atoms with Crippen LogP contribution in [0.25, 0.3) is 0 Å². The molecule has 2 heterocycles. The van der Waals surface area contributed by atoms with Crippen molar-refractivity contribution < 1.29 is 4.74 Å². The molecule has 28 heavy (non-hydrogen) atoms. The SMILES string of the molecule is CC(C)C1CNC(C2=CC3C(C=C2)OC2C=CC=CC23)C(C2=CCCC=C2)C1. The van der Waals surface area contributed by atoms with Crippen molar-refractivity contribution in [3.05, 3.63) is 71.9 Å². The van der Waals surface area contributed by atoms with Gasteiger partial charge in [0.2, 0.25) is 0 Å². The predicted molar refractivity (Wildman–Crippen MR) is 116 cm³/mol. The van der Waals surface area contributed by atoms with Gasteiger partial charge >= 0.3 is 0 Å². The summed E-state index contributed by atoms with van der Waals surface area (Å²) in [7, 11) is 0. The van der Waals surface area contributed by atoms with Crippen molar-refractivity contribution in [3.8, 4) is 0 Å². The highest BCUT2D eigenvalue weighted by Crippen LogP contribution is 2.43. The second-order valence-corrected chi connectivity index (χ2v) is 9.43. The zero-order valence-corrected chi connectivity index (χ0v) is 17.1. The molecule has 0 aromatic carbocycles. The van der Waals surface area contributed by atoms with Gasteiger partial charge in [-0.2, -0.15) is 0 Å². The van der Waals surface area contributed by atoms with Crippen LogP contribution >= 0.6 is 0 Å². The minimum Gasteiger partial charge on any atom is -0.366 e. The molecule has 2 heteroatoms. The molecule has 7 atom stereocenters. The van der Waals surface area contributed by atoms with Gasteiger partial charge < -0.3 is 10.1 Å². The molecular weight excluding hydrogens is 342 g/mol. The molecule has 1 N–H and O–H groups in total. The Morgan fingerprint density at radius 2 is 1.82 bits per heavy atom. The number of hydrogen-bond acceptors (Lipinski definition) is 2. The second kappa shape index (κ2) is 7.65. The Morgan fingerprint density at radius 1 is 0.964 bits per heavy atom. The van der Waals surface area contributed by atoms with Crippen molar-refractivity contribution >= 4 is 0 Å². The van der Waals surface area contributed by atoms with Gasteiger partial charge in [-0.25, -0.2) is 0 Å². The van der Waals surface area contributed by atoms with Gasteiger partial charge in [-0.1, -0.05) is 74.6 Å². The van der Waals surface area contributed by atoms with E-state index in [0.29, 0.717) is 23.8 Å². The monoisotopic (exact) mass is 375 g/mol. The van der Waals surface area contributed by atoms with Crippen molar-refractivity contribution in [1.29, 1.82) is 0 Å². The van der Waals surface area contributed by atoms with Gasteiger partial charge in [-0.05, 0) is 48.8 Å². The van der Waals surface area contributed by atoms with Crippen LogP contribution in [0.4, 0.5) is 0 Å². The Labute approximate surface area is 169 Å². The summed E-state index contributed by atoms with van der Waals surface area (Å²) in [6.45, 7) is 5.87. The fourth-order valence-corrected chi connectivity index (χ4v) is 5.71. The van der Waals surface area contributed by atoms with Crippen LogP contribution in [0.3, 0.4) is 0 Å². The summed E-state index contributed by atoms with van der Waals surface area (Å²) in [6, 6.07) is 0.420. The lowest BCUT2D eigenvalue weighted by atomic mass is 9.71. The number of nitrogens with one attached hydrogen (secondary N) is 1. The maximum absolute atomic E-state index is 6.28. The summed E-state index contributed by atoms with van der Waals surface area (Å²) in [5, 5.41) is 3.95. The number of ether oxygens (including phenoxy) is 1. The van der Waals surface area contributed by atoms with Gasteiger partial charge in [0.15, 0.2) is 0 Å². The first-order valence-electron chi connectivity index (χ1n) is 11.2. The number of hydrogen-bond donors (Lipinski definition) is 1. The van der Waals surface area contributed by atoms with E-state index in [4.69, 9.17) is 4.74 Å². The summed E-state index contributed by atoms with van der Waals surface area (Å²) in [5.74, 6) is 3.00. The largest absolute Gasteiger partial charge is 0.366 e. The van der Waals surface area contributed by atoms with Crippen LogP contribution in [0.15, 0.2) is 71.9 Å². The smallest absolute Gasteiger partial charge is 0.0836 e. The highest BCUT2D eigenvalue weighted by Gasteiger charge is 2.43. The summed E-state index contributed by atoms with van der Waals surface area (Å²) in [5.41, 5.74) is 3.02. The lowest BCUT2D eigenvalue weighted by Gasteiger charge is -2.41. The maximum atomic E-state index is 6.28. The van der Waals surface area contributed by atoms with Crippen LogP contribution in [0.5, 0.6) is 0 Å². The highest BCUT2D eigenvalue weighted by molar-refractivity contribution is 5.39. The normalized spacial score (nSPS) is 41.6. The third kappa shape index (κ3) is 3.31. The summed E-state index contributed by atoms with van der Waals surface area (Å²) < 4.78 is 6.28. The zero-order chi connectivity index (χ0) is 19.1. The third-order valence-corrected chi connectivity index (χ3v) is 7.44. The number of rotatable bonds is 3. The summed E-state index contributed by atoms with van der Waals surface area (Å²) in [4.78, 5) is 0. The second-order valence-electron chi connectivity index (χ2n) is 9.43. The average molecular weight is 376 g/mol. The van der Waals surface area contributed by atoms with E-state index in [-0.39, 0.29) is 12.2 Å². The van der Waals surface area contributed by atoms with E-state index in [2.05, 4.69) is 79.9 Å². The molecule has 0 saturated carbocycles. The molecular formula is C26H33NO. The van der Waals surface area contributed by atoms with Gasteiger partial charge in [0.1, 0.15) is 0 Å². The van der Waals surface area contributed by atoms with Crippen LogP contribution in [0.2, 0.25) is 0 Å². The minimum absolute atomic E-state index is 0.227. The van der Waals surface area contributed by atoms with Crippen molar-refractivity contribution in [3.63, 3.8) is 0 Å². The molecule has 148 valence electrons. The molecule has 2 nitrogen and oxygen atoms in total. The molecule has 3 aliphatic carbocycles. The maximum Gasteiger partial charge on any atom is 0.0836 e. The molecule has 0 aromatic heterocycles. The molecule has 0 bridgehead atoms. The predicted octanol–water partition coefficient (Wildman–Crippen LogP) is 5.14. The van der Waals surface area contributed by atoms with Gasteiger partial charge in [-0.3, -0.25) is 0 Å². The van der Waals surface area contributed by atoms with E-state index in [1.54, 1.807) is 5.57 Å². The van der Waals surface area contributed by atoms with Crippen LogP contribution in [0, 0.1) is 29.6 Å². The molecule has 0 aromatic rings. The Hall–Kier alpha value is -1.64. The molecule has 2 fully saturated rings. The van der Waals surface area contributed by atoms with Crippen LogP contribution in [-0.4, -0.2) is 24.8 Å². The molecule has 0 spiro atoms. The van der Waals surface area contributed by atoms with E-state index in [9.17, 15) is 0 Å². The van der Waals surface area contributed by atoms with Crippen LogP contribution in [-0.2, 0) is 4.74 Å². The fourth-order valence-electron chi connectivity index (χ4n) is 5.71.